The lowest BCUT2D eigenvalue weighted by molar-refractivity contribution is -0.117. The Morgan fingerprint density at radius 1 is 1.18 bits per heavy atom. The Labute approximate surface area is 166 Å². The van der Waals surface area contributed by atoms with Crippen LogP contribution in [0.25, 0.3) is 0 Å². The average Bonchev–Trinajstić information content (AvgIpc) is 3.38. The molecule has 148 valence electrons. The molecule has 1 amide bonds. The van der Waals surface area contributed by atoms with E-state index in [2.05, 4.69) is 41.3 Å². The quantitative estimate of drug-likeness (QED) is 0.719. The van der Waals surface area contributed by atoms with Gasteiger partial charge in [-0.25, -0.2) is 0 Å². The topological polar surface area (TPSA) is 65.6 Å². The van der Waals surface area contributed by atoms with Gasteiger partial charge in [-0.2, -0.15) is 0 Å². The molecule has 6 heteroatoms. The zero-order valence-corrected chi connectivity index (χ0v) is 16.5. The Kier molecular flexibility index (Phi) is 5.50. The monoisotopic (exact) mass is 380 g/mol. The number of hydrogen-bond donors (Lipinski definition) is 3. The highest BCUT2D eigenvalue weighted by molar-refractivity contribution is 6.01. The van der Waals surface area contributed by atoms with E-state index in [1.165, 1.54) is 11.1 Å². The van der Waals surface area contributed by atoms with E-state index in [-0.39, 0.29) is 11.9 Å². The highest BCUT2D eigenvalue weighted by atomic mass is 16.5. The number of nitrogens with zero attached hydrogens (tertiary/aromatic N) is 1. The molecule has 0 bridgehead atoms. The van der Waals surface area contributed by atoms with Crippen LogP contribution in [0, 0.1) is 0 Å². The van der Waals surface area contributed by atoms with Gasteiger partial charge >= 0.3 is 0 Å². The van der Waals surface area contributed by atoms with Crippen LogP contribution in [0.3, 0.4) is 0 Å². The Morgan fingerprint density at radius 3 is 2.75 bits per heavy atom. The number of rotatable bonds is 6. The van der Waals surface area contributed by atoms with Gasteiger partial charge in [0.25, 0.3) is 0 Å². The fraction of sp³-hybridized carbons (Fsp3) is 0.409. The van der Waals surface area contributed by atoms with Crippen molar-refractivity contribution >= 4 is 17.3 Å². The van der Waals surface area contributed by atoms with Gasteiger partial charge in [0.2, 0.25) is 5.91 Å². The van der Waals surface area contributed by atoms with Crippen LogP contribution in [-0.2, 0) is 11.2 Å². The second-order valence-electron chi connectivity index (χ2n) is 7.40. The Bertz CT molecular complexity index is 848. The molecule has 2 aromatic carbocycles. The summed E-state index contributed by atoms with van der Waals surface area (Å²) in [4.78, 5) is 14.9. The van der Waals surface area contributed by atoms with Gasteiger partial charge in [-0.3, -0.25) is 15.6 Å². The minimum absolute atomic E-state index is 0.127. The molecule has 0 radical (unpaired) electrons. The van der Waals surface area contributed by atoms with Crippen LogP contribution in [0.15, 0.2) is 42.5 Å². The number of benzene rings is 2. The zero-order chi connectivity index (χ0) is 19.5. The van der Waals surface area contributed by atoms with Crippen LogP contribution in [0.1, 0.15) is 30.4 Å². The van der Waals surface area contributed by atoms with Gasteiger partial charge in [0.1, 0.15) is 11.8 Å². The van der Waals surface area contributed by atoms with Crippen LogP contribution < -0.4 is 25.8 Å². The second-order valence-corrected chi connectivity index (χ2v) is 7.40. The number of carbonyl (C=O) groups is 1. The number of nitrogens with one attached hydrogen (secondary N) is 3. The van der Waals surface area contributed by atoms with Gasteiger partial charge in [0.15, 0.2) is 0 Å². The first kappa shape index (κ1) is 18.8. The number of anilines is 2. The maximum atomic E-state index is 13.0. The van der Waals surface area contributed by atoms with Crippen molar-refractivity contribution in [1.82, 2.24) is 10.9 Å². The molecule has 6 nitrogen and oxygen atoms in total. The third-order valence-electron chi connectivity index (χ3n) is 5.70. The molecule has 1 atom stereocenters. The average molecular weight is 380 g/mol. The van der Waals surface area contributed by atoms with E-state index in [4.69, 9.17) is 4.74 Å². The van der Waals surface area contributed by atoms with E-state index in [0.717, 1.165) is 49.6 Å². The number of methoxy groups -OCH3 is 1. The summed E-state index contributed by atoms with van der Waals surface area (Å²) in [5, 5.41) is 3.36. The first-order valence-corrected chi connectivity index (χ1v) is 10.00. The van der Waals surface area contributed by atoms with Gasteiger partial charge in [0, 0.05) is 43.0 Å². The fourth-order valence-corrected chi connectivity index (χ4v) is 4.13. The summed E-state index contributed by atoms with van der Waals surface area (Å²) in [7, 11) is 1.65. The highest BCUT2D eigenvalue weighted by Crippen LogP contribution is 2.30. The van der Waals surface area contributed by atoms with Crippen molar-refractivity contribution in [2.75, 3.05) is 37.0 Å². The van der Waals surface area contributed by atoms with E-state index >= 15 is 0 Å². The molecule has 3 N–H and O–H groups in total. The zero-order valence-electron chi connectivity index (χ0n) is 16.5. The van der Waals surface area contributed by atoms with Crippen molar-refractivity contribution in [3.05, 3.63) is 53.6 Å². The van der Waals surface area contributed by atoms with E-state index in [9.17, 15) is 4.79 Å². The molecule has 0 aliphatic carbocycles. The third kappa shape index (κ3) is 3.70. The van der Waals surface area contributed by atoms with Crippen molar-refractivity contribution in [2.45, 2.75) is 31.7 Å². The molecule has 4 rings (SSSR count). The predicted octanol–water partition coefficient (Wildman–Crippen LogP) is 2.67. The first-order valence-electron chi connectivity index (χ1n) is 10.00. The van der Waals surface area contributed by atoms with Crippen molar-refractivity contribution in [3.63, 3.8) is 0 Å². The molecule has 2 fully saturated rings. The third-order valence-corrected chi connectivity index (χ3v) is 5.70. The molecule has 2 aliphatic rings. The number of hydrogen-bond acceptors (Lipinski definition) is 5. The molecule has 2 aromatic rings. The molecule has 1 unspecified atom stereocenters. The summed E-state index contributed by atoms with van der Waals surface area (Å²) < 4.78 is 5.27. The second kappa shape index (κ2) is 8.20. The molecular weight excluding hydrogens is 352 g/mol. The maximum Gasteiger partial charge on any atom is 0.249 e. The molecule has 0 saturated carbocycles. The van der Waals surface area contributed by atoms with Gasteiger partial charge in [-0.15, -0.1) is 0 Å². The van der Waals surface area contributed by atoms with Crippen molar-refractivity contribution < 1.29 is 9.53 Å². The largest absolute Gasteiger partial charge is 0.497 e. The Hall–Kier alpha value is -2.57. The van der Waals surface area contributed by atoms with Gasteiger partial charge < -0.3 is 15.0 Å². The van der Waals surface area contributed by atoms with E-state index in [0.29, 0.717) is 5.92 Å². The summed E-state index contributed by atoms with van der Waals surface area (Å²) >= 11 is 0. The smallest absolute Gasteiger partial charge is 0.249 e. The van der Waals surface area contributed by atoms with Crippen LogP contribution in [0.5, 0.6) is 5.75 Å². The van der Waals surface area contributed by atoms with E-state index in [1.807, 2.05) is 29.2 Å². The highest BCUT2D eigenvalue weighted by Gasteiger charge is 2.33. The van der Waals surface area contributed by atoms with E-state index < -0.39 is 0 Å². The molecule has 28 heavy (non-hydrogen) atoms. The van der Waals surface area contributed by atoms with Crippen LogP contribution in [0.4, 0.5) is 11.4 Å². The first-order chi connectivity index (χ1) is 13.7. The normalized spacial score (nSPS) is 20.0. The maximum absolute atomic E-state index is 13.0. The summed E-state index contributed by atoms with van der Waals surface area (Å²) in [5.74, 6) is 1.40. The van der Waals surface area contributed by atoms with Crippen molar-refractivity contribution in [1.29, 1.82) is 0 Å². The van der Waals surface area contributed by atoms with Crippen molar-refractivity contribution in [2.24, 2.45) is 0 Å². The van der Waals surface area contributed by atoms with Crippen LogP contribution in [0.2, 0.25) is 0 Å². The SMILES string of the molecule is CCc1cc(N2CCC(Nc3cccc(OC)c3)C2=O)ccc1C1CNNC1. The molecule has 0 aromatic heterocycles. The van der Waals surface area contributed by atoms with Crippen molar-refractivity contribution in [3.8, 4) is 5.75 Å². The number of aryl methyl sites for hydroxylation is 1. The Balaban J connectivity index is 1.49. The van der Waals surface area contributed by atoms with Gasteiger partial charge in [-0.05, 0) is 48.2 Å². The summed E-state index contributed by atoms with van der Waals surface area (Å²) in [5.41, 5.74) is 11.0. The minimum atomic E-state index is -0.208. The number of hydrazine groups is 1. The molecule has 0 spiro atoms. The lowest BCUT2D eigenvalue weighted by Crippen LogP contribution is -2.33. The molecular formula is C22H28N4O2. The lowest BCUT2D eigenvalue weighted by Gasteiger charge is -2.21. The summed E-state index contributed by atoms with van der Waals surface area (Å²) in [6.45, 7) is 4.80. The number of ether oxygens (including phenoxy) is 1. The number of amides is 1. The summed E-state index contributed by atoms with van der Waals surface area (Å²) in [6.07, 6.45) is 1.75. The fourth-order valence-electron chi connectivity index (χ4n) is 4.13. The summed E-state index contributed by atoms with van der Waals surface area (Å²) in [6, 6.07) is 14.0. The minimum Gasteiger partial charge on any atom is -0.497 e. The standard InChI is InChI=1S/C22H28N4O2/c1-3-15-11-18(7-8-20(15)16-13-23-24-14-16)26-10-9-21(22(26)27)25-17-5-4-6-19(12-17)28-2/h4-8,11-12,16,21,23-25H,3,9-10,13-14H2,1-2H3. The predicted molar refractivity (Wildman–Crippen MR) is 112 cm³/mol. The lowest BCUT2D eigenvalue weighted by atomic mass is 9.93. The molecule has 2 aliphatic heterocycles. The molecule has 2 saturated heterocycles. The van der Waals surface area contributed by atoms with E-state index in [1.54, 1.807) is 7.11 Å². The molecule has 2 heterocycles. The number of carbonyl (C=O) groups excluding carboxylic acids is 1. The van der Waals surface area contributed by atoms with Gasteiger partial charge in [0.05, 0.1) is 7.11 Å². The Morgan fingerprint density at radius 2 is 2.00 bits per heavy atom. The van der Waals surface area contributed by atoms with Crippen LogP contribution >= 0.6 is 0 Å². The van der Waals surface area contributed by atoms with Crippen LogP contribution in [-0.4, -0.2) is 38.7 Å². The van der Waals surface area contributed by atoms with Gasteiger partial charge in [-0.1, -0.05) is 19.1 Å².